The number of benzene rings is 1. The summed E-state index contributed by atoms with van der Waals surface area (Å²) in [5.41, 5.74) is 2.42. The van der Waals surface area contributed by atoms with Crippen LogP contribution in [0.3, 0.4) is 0 Å². The van der Waals surface area contributed by atoms with Crippen LogP contribution in [0, 0.1) is 6.92 Å². The molecule has 0 atom stereocenters. The average molecular weight is 295 g/mol. The Kier molecular flexibility index (Phi) is 4.49. The van der Waals surface area contributed by atoms with Gasteiger partial charge in [-0.15, -0.1) is 0 Å². The van der Waals surface area contributed by atoms with Crippen molar-refractivity contribution >= 4 is 17.3 Å². The molecular formula is C16H23ClN2O. The first-order chi connectivity index (χ1) is 9.74. The molecule has 110 valence electrons. The normalized spacial score (nSPS) is 22.2. The Balaban J connectivity index is 1.60. The highest BCUT2D eigenvalue weighted by molar-refractivity contribution is 6.33. The van der Waals surface area contributed by atoms with Crippen LogP contribution in [-0.4, -0.2) is 50.3 Å². The molecule has 4 heteroatoms. The zero-order chi connectivity index (χ0) is 13.9. The zero-order valence-corrected chi connectivity index (χ0v) is 12.9. The minimum Gasteiger partial charge on any atom is -0.379 e. The lowest BCUT2D eigenvalue weighted by atomic mass is 10.0. The fraction of sp³-hybridized carbons (Fsp3) is 0.625. The first-order valence-electron chi connectivity index (χ1n) is 7.57. The second-order valence-electron chi connectivity index (χ2n) is 5.82. The first kappa shape index (κ1) is 14.2. The van der Waals surface area contributed by atoms with Gasteiger partial charge in [-0.1, -0.05) is 17.7 Å². The third kappa shape index (κ3) is 3.11. The molecule has 0 amide bonds. The summed E-state index contributed by atoms with van der Waals surface area (Å²) in [6.45, 7) is 8.26. The van der Waals surface area contributed by atoms with Gasteiger partial charge in [0.1, 0.15) is 0 Å². The summed E-state index contributed by atoms with van der Waals surface area (Å²) in [5.74, 6) is 0. The van der Waals surface area contributed by atoms with E-state index in [9.17, 15) is 0 Å². The predicted octanol–water partition coefficient (Wildman–Crippen LogP) is 2.95. The molecule has 0 unspecified atom stereocenters. The maximum Gasteiger partial charge on any atom is 0.0642 e. The lowest BCUT2D eigenvalue weighted by Crippen LogP contribution is -2.49. The van der Waals surface area contributed by atoms with Crippen molar-refractivity contribution < 1.29 is 4.74 Å². The van der Waals surface area contributed by atoms with Gasteiger partial charge in [-0.25, -0.2) is 0 Å². The van der Waals surface area contributed by atoms with Gasteiger partial charge >= 0.3 is 0 Å². The van der Waals surface area contributed by atoms with Crippen molar-refractivity contribution in [2.75, 3.05) is 44.3 Å². The van der Waals surface area contributed by atoms with Crippen molar-refractivity contribution in [3.8, 4) is 0 Å². The highest BCUT2D eigenvalue weighted by Crippen LogP contribution is 2.30. The van der Waals surface area contributed by atoms with Crippen LogP contribution in [0.2, 0.25) is 5.02 Å². The van der Waals surface area contributed by atoms with E-state index in [1.807, 2.05) is 0 Å². The quantitative estimate of drug-likeness (QED) is 0.834. The van der Waals surface area contributed by atoms with Crippen molar-refractivity contribution in [3.05, 3.63) is 28.8 Å². The fourth-order valence-corrected chi connectivity index (χ4v) is 3.64. The Bertz CT molecular complexity index is 452. The molecule has 3 rings (SSSR count). The number of morpholine rings is 1. The summed E-state index contributed by atoms with van der Waals surface area (Å²) < 4.78 is 5.44. The molecule has 2 fully saturated rings. The van der Waals surface area contributed by atoms with Crippen molar-refractivity contribution in [3.63, 3.8) is 0 Å². The van der Waals surface area contributed by atoms with E-state index in [4.69, 9.17) is 16.3 Å². The van der Waals surface area contributed by atoms with Crippen LogP contribution >= 0.6 is 11.6 Å². The predicted molar refractivity (Wildman–Crippen MR) is 83.8 cm³/mol. The summed E-state index contributed by atoms with van der Waals surface area (Å²) in [6.07, 6.45) is 2.45. The first-order valence-corrected chi connectivity index (χ1v) is 7.95. The number of hydrogen-bond acceptors (Lipinski definition) is 3. The number of rotatable bonds is 2. The van der Waals surface area contributed by atoms with Gasteiger partial charge in [-0.3, -0.25) is 4.90 Å². The molecule has 20 heavy (non-hydrogen) atoms. The van der Waals surface area contributed by atoms with Crippen LogP contribution in [0.15, 0.2) is 18.2 Å². The van der Waals surface area contributed by atoms with Gasteiger partial charge in [0.2, 0.25) is 0 Å². The van der Waals surface area contributed by atoms with E-state index in [2.05, 4.69) is 34.9 Å². The van der Waals surface area contributed by atoms with Crippen molar-refractivity contribution in [2.45, 2.75) is 25.8 Å². The lowest BCUT2D eigenvalue weighted by Gasteiger charge is -2.41. The molecule has 0 spiro atoms. The maximum atomic E-state index is 6.38. The van der Waals surface area contributed by atoms with Gasteiger partial charge in [0, 0.05) is 32.2 Å². The number of nitrogens with zero attached hydrogens (tertiary/aromatic N) is 2. The third-order valence-corrected chi connectivity index (χ3v) is 4.77. The van der Waals surface area contributed by atoms with Crippen LogP contribution in [0.4, 0.5) is 5.69 Å². The van der Waals surface area contributed by atoms with Gasteiger partial charge in [-0.2, -0.15) is 0 Å². The molecule has 2 aliphatic heterocycles. The maximum absolute atomic E-state index is 6.38. The van der Waals surface area contributed by atoms with Crippen LogP contribution in [0.1, 0.15) is 18.4 Å². The largest absolute Gasteiger partial charge is 0.379 e. The number of hydrogen-bond donors (Lipinski definition) is 0. The van der Waals surface area contributed by atoms with E-state index in [-0.39, 0.29) is 0 Å². The molecule has 0 aliphatic carbocycles. The van der Waals surface area contributed by atoms with Crippen LogP contribution < -0.4 is 4.90 Å². The molecular weight excluding hydrogens is 272 g/mol. The standard InChI is InChI=1S/C16H23ClN2O/c1-13-2-3-16(15(17)12-13)19-6-4-14(5-7-19)18-8-10-20-11-9-18/h2-3,12,14H,4-11H2,1H3. The molecule has 0 saturated carbocycles. The van der Waals surface area contributed by atoms with E-state index in [1.165, 1.54) is 24.1 Å². The van der Waals surface area contributed by atoms with Crippen molar-refractivity contribution in [1.82, 2.24) is 4.90 Å². The van der Waals surface area contributed by atoms with Crippen LogP contribution in [0.5, 0.6) is 0 Å². The summed E-state index contributed by atoms with van der Waals surface area (Å²) in [7, 11) is 0. The number of ether oxygens (including phenoxy) is 1. The van der Waals surface area contributed by atoms with Gasteiger partial charge < -0.3 is 9.64 Å². The molecule has 0 N–H and O–H groups in total. The number of piperidine rings is 1. The number of anilines is 1. The Morgan fingerprint density at radius 2 is 1.80 bits per heavy atom. The van der Waals surface area contributed by atoms with E-state index >= 15 is 0 Å². The SMILES string of the molecule is Cc1ccc(N2CCC(N3CCOCC3)CC2)c(Cl)c1. The fourth-order valence-electron chi connectivity index (χ4n) is 3.28. The molecule has 0 aromatic heterocycles. The molecule has 1 aromatic rings. The summed E-state index contributed by atoms with van der Waals surface area (Å²) >= 11 is 6.38. The van der Waals surface area contributed by atoms with Gasteiger partial charge in [-0.05, 0) is 37.5 Å². The van der Waals surface area contributed by atoms with Gasteiger partial charge in [0.15, 0.2) is 0 Å². The molecule has 0 bridgehead atoms. The topological polar surface area (TPSA) is 15.7 Å². The highest BCUT2D eigenvalue weighted by atomic mass is 35.5. The van der Waals surface area contributed by atoms with Crippen molar-refractivity contribution in [1.29, 1.82) is 0 Å². The van der Waals surface area contributed by atoms with E-state index in [0.717, 1.165) is 50.5 Å². The molecule has 2 heterocycles. The second kappa shape index (κ2) is 6.33. The summed E-state index contributed by atoms with van der Waals surface area (Å²) in [5, 5.41) is 0.884. The summed E-state index contributed by atoms with van der Waals surface area (Å²) in [4.78, 5) is 5.02. The minimum atomic E-state index is 0.722. The zero-order valence-electron chi connectivity index (χ0n) is 12.1. The average Bonchev–Trinajstić information content (AvgIpc) is 2.48. The summed E-state index contributed by atoms with van der Waals surface area (Å²) in [6, 6.07) is 7.09. The monoisotopic (exact) mass is 294 g/mol. The third-order valence-electron chi connectivity index (χ3n) is 4.47. The Labute approximate surface area is 126 Å². The smallest absolute Gasteiger partial charge is 0.0642 e. The molecule has 2 aliphatic rings. The molecule has 3 nitrogen and oxygen atoms in total. The van der Waals surface area contributed by atoms with Gasteiger partial charge in [0.25, 0.3) is 0 Å². The Hall–Kier alpha value is -0.770. The minimum absolute atomic E-state index is 0.722. The van der Waals surface area contributed by atoms with Crippen LogP contribution in [0.25, 0.3) is 0 Å². The number of halogens is 1. The molecule has 0 radical (unpaired) electrons. The van der Waals surface area contributed by atoms with E-state index in [1.54, 1.807) is 0 Å². The van der Waals surface area contributed by atoms with E-state index in [0.29, 0.717) is 0 Å². The van der Waals surface area contributed by atoms with E-state index < -0.39 is 0 Å². The second-order valence-corrected chi connectivity index (χ2v) is 6.23. The Morgan fingerprint density at radius 1 is 1.10 bits per heavy atom. The molecule has 2 saturated heterocycles. The number of aryl methyl sites for hydroxylation is 1. The van der Waals surface area contributed by atoms with Crippen molar-refractivity contribution in [2.24, 2.45) is 0 Å². The van der Waals surface area contributed by atoms with Gasteiger partial charge in [0.05, 0.1) is 23.9 Å². The van der Waals surface area contributed by atoms with Crippen LogP contribution in [-0.2, 0) is 4.74 Å². The highest BCUT2D eigenvalue weighted by Gasteiger charge is 2.26. The lowest BCUT2D eigenvalue weighted by molar-refractivity contribution is 0.0115. The molecule has 1 aromatic carbocycles. The Morgan fingerprint density at radius 3 is 2.45 bits per heavy atom.